The van der Waals surface area contributed by atoms with Crippen LogP contribution in [0.15, 0.2) is 0 Å². The first kappa shape index (κ1) is 9.48. The second-order valence-electron chi connectivity index (χ2n) is 2.57. The smallest absolute Gasteiger partial charge is 0.249 e. The molecule has 0 radical (unpaired) electrons. The number of hydrogen-bond donors (Lipinski definition) is 1. The summed E-state index contributed by atoms with van der Waals surface area (Å²) in [5.41, 5.74) is 0. The van der Waals surface area contributed by atoms with E-state index in [1.807, 2.05) is 0 Å². The maximum Gasteiger partial charge on any atom is 0.249 e. The molecule has 1 fully saturated rings. The third kappa shape index (κ3) is 2.79. The van der Waals surface area contributed by atoms with E-state index in [0.717, 1.165) is 12.8 Å². The molecule has 1 rings (SSSR count). The molecule has 0 aromatic carbocycles. The Balaban J connectivity index is 2.23. The van der Waals surface area contributed by atoms with Crippen LogP contribution in [0.5, 0.6) is 0 Å². The van der Waals surface area contributed by atoms with Crippen molar-refractivity contribution in [3.05, 3.63) is 0 Å². The fourth-order valence-corrected chi connectivity index (χ4v) is 1.12. The fourth-order valence-electron chi connectivity index (χ4n) is 1.05. The van der Waals surface area contributed by atoms with Gasteiger partial charge in [0.2, 0.25) is 11.1 Å². The number of rotatable bonds is 3. The predicted octanol–water partition coefficient (Wildman–Crippen LogP) is 0.0470. The Morgan fingerprint density at radius 2 is 2.33 bits per heavy atom. The van der Waals surface area contributed by atoms with Crippen molar-refractivity contribution in [1.82, 2.24) is 5.32 Å². The van der Waals surface area contributed by atoms with Gasteiger partial charge in [-0.1, -0.05) is 0 Å². The summed E-state index contributed by atoms with van der Waals surface area (Å²) >= 11 is 5.03. The highest BCUT2D eigenvalue weighted by atomic mass is 35.5. The lowest BCUT2D eigenvalue weighted by atomic mass is 10.2. The number of amides is 1. The Morgan fingerprint density at radius 1 is 1.58 bits per heavy atom. The van der Waals surface area contributed by atoms with Gasteiger partial charge < -0.3 is 10.1 Å². The van der Waals surface area contributed by atoms with Crippen molar-refractivity contribution < 1.29 is 14.3 Å². The van der Waals surface area contributed by atoms with E-state index in [-0.39, 0.29) is 18.6 Å². The van der Waals surface area contributed by atoms with Crippen LogP contribution in [0, 0.1) is 0 Å². The van der Waals surface area contributed by atoms with Crippen molar-refractivity contribution >= 4 is 22.8 Å². The maximum atomic E-state index is 11.1. The standard InChI is InChI=1S/C7H10ClNO3/c8-6(10)4-9-7(11)5-2-1-3-12-5/h5H,1-4H2,(H,9,11). The van der Waals surface area contributed by atoms with Crippen molar-refractivity contribution in [2.24, 2.45) is 0 Å². The van der Waals surface area contributed by atoms with Gasteiger partial charge in [0.25, 0.3) is 0 Å². The first-order valence-electron chi connectivity index (χ1n) is 3.78. The summed E-state index contributed by atoms with van der Waals surface area (Å²) in [6.45, 7) is 0.493. The Labute approximate surface area is 75.2 Å². The summed E-state index contributed by atoms with van der Waals surface area (Å²) in [5.74, 6) is -0.249. The Hall–Kier alpha value is -0.610. The normalized spacial score (nSPS) is 22.2. The zero-order chi connectivity index (χ0) is 8.97. The van der Waals surface area contributed by atoms with Crippen molar-refractivity contribution in [2.75, 3.05) is 13.2 Å². The second kappa shape index (κ2) is 4.42. The molecule has 1 aliphatic heterocycles. The molecule has 0 saturated carbocycles. The molecule has 4 nitrogen and oxygen atoms in total. The van der Waals surface area contributed by atoms with Crippen LogP contribution in [0.1, 0.15) is 12.8 Å². The van der Waals surface area contributed by atoms with E-state index in [1.54, 1.807) is 0 Å². The first-order chi connectivity index (χ1) is 5.70. The third-order valence-electron chi connectivity index (χ3n) is 1.62. The van der Waals surface area contributed by atoms with E-state index in [1.165, 1.54) is 0 Å². The zero-order valence-corrected chi connectivity index (χ0v) is 7.26. The summed E-state index contributed by atoms with van der Waals surface area (Å²) in [4.78, 5) is 21.4. The van der Waals surface area contributed by atoms with Gasteiger partial charge in [-0.05, 0) is 24.4 Å². The summed E-state index contributed by atoms with van der Waals surface area (Å²) in [6.07, 6.45) is 1.23. The van der Waals surface area contributed by atoms with Gasteiger partial charge in [-0.15, -0.1) is 0 Å². The molecular formula is C7H10ClNO3. The van der Waals surface area contributed by atoms with E-state index in [9.17, 15) is 9.59 Å². The molecule has 68 valence electrons. The highest BCUT2D eigenvalue weighted by molar-refractivity contribution is 6.64. The highest BCUT2D eigenvalue weighted by Crippen LogP contribution is 2.11. The van der Waals surface area contributed by atoms with Crippen molar-refractivity contribution in [2.45, 2.75) is 18.9 Å². The van der Waals surface area contributed by atoms with Gasteiger partial charge in [0.05, 0.1) is 6.54 Å². The number of carbonyl (C=O) groups excluding carboxylic acids is 2. The van der Waals surface area contributed by atoms with Gasteiger partial charge in [0.15, 0.2) is 0 Å². The number of carbonyl (C=O) groups is 2. The summed E-state index contributed by atoms with van der Waals surface area (Å²) in [7, 11) is 0. The average molecular weight is 192 g/mol. The largest absolute Gasteiger partial charge is 0.368 e. The topological polar surface area (TPSA) is 55.4 Å². The molecule has 12 heavy (non-hydrogen) atoms. The minimum Gasteiger partial charge on any atom is -0.368 e. The summed E-state index contributed by atoms with van der Waals surface area (Å²) < 4.78 is 5.08. The minimum absolute atomic E-state index is 0.125. The number of ether oxygens (including phenoxy) is 1. The molecule has 1 aliphatic rings. The predicted molar refractivity (Wildman–Crippen MR) is 42.8 cm³/mol. The van der Waals surface area contributed by atoms with Gasteiger partial charge in [0.1, 0.15) is 6.10 Å². The fraction of sp³-hybridized carbons (Fsp3) is 0.714. The molecule has 1 N–H and O–H groups in total. The molecule has 0 aromatic heterocycles. The van der Waals surface area contributed by atoms with E-state index in [0.29, 0.717) is 6.61 Å². The lowest BCUT2D eigenvalue weighted by Crippen LogP contribution is -2.36. The molecule has 0 bridgehead atoms. The summed E-state index contributed by atoms with van der Waals surface area (Å²) in [5, 5.41) is 1.81. The Kier molecular flexibility index (Phi) is 3.49. The van der Waals surface area contributed by atoms with Gasteiger partial charge in [-0.2, -0.15) is 0 Å². The van der Waals surface area contributed by atoms with Crippen molar-refractivity contribution in [1.29, 1.82) is 0 Å². The second-order valence-corrected chi connectivity index (χ2v) is 3.00. The molecule has 1 heterocycles. The quantitative estimate of drug-likeness (QED) is 0.642. The van der Waals surface area contributed by atoms with Crippen LogP contribution in [0.4, 0.5) is 0 Å². The van der Waals surface area contributed by atoms with E-state index < -0.39 is 5.24 Å². The van der Waals surface area contributed by atoms with Crippen molar-refractivity contribution in [3.8, 4) is 0 Å². The lowest BCUT2D eigenvalue weighted by Gasteiger charge is -2.07. The molecule has 0 aliphatic carbocycles. The molecule has 1 unspecified atom stereocenters. The maximum absolute atomic E-state index is 11.1. The zero-order valence-electron chi connectivity index (χ0n) is 6.51. The third-order valence-corrected chi connectivity index (χ3v) is 1.76. The van der Waals surface area contributed by atoms with Crippen LogP contribution in [0.25, 0.3) is 0 Å². The summed E-state index contributed by atoms with van der Waals surface area (Å²) in [6, 6.07) is 0. The molecule has 1 saturated heterocycles. The first-order valence-corrected chi connectivity index (χ1v) is 4.15. The van der Waals surface area contributed by atoms with Gasteiger partial charge in [0, 0.05) is 6.61 Å². The van der Waals surface area contributed by atoms with E-state index in [2.05, 4.69) is 5.32 Å². The SMILES string of the molecule is O=C(Cl)CNC(=O)C1CCCO1. The highest BCUT2D eigenvalue weighted by Gasteiger charge is 2.23. The van der Waals surface area contributed by atoms with Crippen LogP contribution in [-0.4, -0.2) is 30.4 Å². The molecular weight excluding hydrogens is 182 g/mol. The Morgan fingerprint density at radius 3 is 2.83 bits per heavy atom. The molecule has 0 spiro atoms. The van der Waals surface area contributed by atoms with Crippen LogP contribution in [-0.2, 0) is 14.3 Å². The van der Waals surface area contributed by atoms with Crippen molar-refractivity contribution in [3.63, 3.8) is 0 Å². The van der Waals surface area contributed by atoms with Gasteiger partial charge >= 0.3 is 0 Å². The van der Waals surface area contributed by atoms with Gasteiger partial charge in [-0.25, -0.2) is 0 Å². The molecule has 1 amide bonds. The number of nitrogens with one attached hydrogen (secondary N) is 1. The molecule has 5 heteroatoms. The average Bonchev–Trinajstić information content (AvgIpc) is 2.51. The van der Waals surface area contributed by atoms with Crippen LogP contribution >= 0.6 is 11.6 Å². The van der Waals surface area contributed by atoms with Crippen LogP contribution < -0.4 is 5.32 Å². The Bertz CT molecular complexity index is 189. The monoisotopic (exact) mass is 191 g/mol. The minimum atomic E-state index is -0.568. The lowest BCUT2D eigenvalue weighted by molar-refractivity contribution is -0.131. The van der Waals surface area contributed by atoms with E-state index >= 15 is 0 Å². The van der Waals surface area contributed by atoms with Crippen LogP contribution in [0.2, 0.25) is 0 Å². The number of halogens is 1. The molecule has 0 aromatic rings. The number of hydrogen-bond acceptors (Lipinski definition) is 3. The van der Waals surface area contributed by atoms with Gasteiger partial charge in [-0.3, -0.25) is 9.59 Å². The molecule has 1 atom stereocenters. The van der Waals surface area contributed by atoms with Crippen LogP contribution in [0.3, 0.4) is 0 Å². The van der Waals surface area contributed by atoms with E-state index in [4.69, 9.17) is 16.3 Å².